The zero-order chi connectivity index (χ0) is 14.6. The van der Waals surface area contributed by atoms with Crippen molar-refractivity contribution in [2.24, 2.45) is 7.05 Å². The molecule has 0 amide bonds. The molecule has 2 aliphatic rings. The van der Waals surface area contributed by atoms with Gasteiger partial charge >= 0.3 is 0 Å². The van der Waals surface area contributed by atoms with Gasteiger partial charge in [-0.25, -0.2) is 18.1 Å². The molecule has 0 aromatic carbocycles. The molecule has 8 nitrogen and oxygen atoms in total. The lowest BCUT2D eigenvalue weighted by atomic mass is 10.2. The van der Waals surface area contributed by atoms with Crippen molar-refractivity contribution in [2.75, 3.05) is 13.1 Å². The van der Waals surface area contributed by atoms with Gasteiger partial charge in [0, 0.05) is 38.4 Å². The standard InChI is InChI=1S/C12H16N6O2S/c1-16-7-12(13-8-16)21(19,20)17-4-10(5-17)18-6-11(14-15-18)9-2-3-9/h6-10H,2-5H2,1H3. The Bertz CT molecular complexity index is 769. The van der Waals surface area contributed by atoms with Crippen LogP contribution in [-0.4, -0.2) is 50.4 Å². The highest BCUT2D eigenvalue weighted by molar-refractivity contribution is 7.89. The molecule has 9 heteroatoms. The molecule has 1 aliphatic heterocycles. The van der Waals surface area contributed by atoms with Crippen molar-refractivity contribution in [1.82, 2.24) is 28.9 Å². The molecule has 112 valence electrons. The zero-order valence-electron chi connectivity index (χ0n) is 11.6. The molecular formula is C12H16N6O2S. The highest BCUT2D eigenvalue weighted by atomic mass is 32.2. The van der Waals surface area contributed by atoms with E-state index in [-0.39, 0.29) is 11.1 Å². The van der Waals surface area contributed by atoms with Crippen LogP contribution in [0.25, 0.3) is 0 Å². The summed E-state index contributed by atoms with van der Waals surface area (Å²) in [5, 5.41) is 8.38. The monoisotopic (exact) mass is 308 g/mol. The van der Waals surface area contributed by atoms with Gasteiger partial charge in [0.25, 0.3) is 10.0 Å². The van der Waals surface area contributed by atoms with Crippen molar-refractivity contribution in [3.63, 3.8) is 0 Å². The molecule has 0 spiro atoms. The topological polar surface area (TPSA) is 85.9 Å². The molecule has 2 aromatic rings. The highest BCUT2D eigenvalue weighted by Crippen LogP contribution is 2.39. The largest absolute Gasteiger partial charge is 0.339 e. The second-order valence-corrected chi connectivity index (χ2v) is 7.64. The number of aromatic nitrogens is 5. The number of hydrogen-bond donors (Lipinski definition) is 0. The van der Waals surface area contributed by atoms with Gasteiger partial charge in [0.1, 0.15) is 0 Å². The van der Waals surface area contributed by atoms with Crippen molar-refractivity contribution in [1.29, 1.82) is 0 Å². The summed E-state index contributed by atoms with van der Waals surface area (Å²) in [6.45, 7) is 0.846. The fourth-order valence-electron chi connectivity index (χ4n) is 2.47. The van der Waals surface area contributed by atoms with Crippen molar-refractivity contribution in [2.45, 2.75) is 29.8 Å². The van der Waals surface area contributed by atoms with E-state index in [0.717, 1.165) is 5.69 Å². The van der Waals surface area contributed by atoms with Gasteiger partial charge in [0.15, 0.2) is 5.03 Å². The average molecular weight is 308 g/mol. The quantitative estimate of drug-likeness (QED) is 0.801. The van der Waals surface area contributed by atoms with Gasteiger partial charge < -0.3 is 4.57 Å². The molecule has 1 saturated carbocycles. The molecule has 0 unspecified atom stereocenters. The van der Waals surface area contributed by atoms with Crippen molar-refractivity contribution in [3.8, 4) is 0 Å². The van der Waals surface area contributed by atoms with E-state index in [4.69, 9.17) is 0 Å². The van der Waals surface area contributed by atoms with Crippen LogP contribution in [-0.2, 0) is 17.1 Å². The van der Waals surface area contributed by atoms with E-state index in [2.05, 4.69) is 15.3 Å². The summed E-state index contributed by atoms with van der Waals surface area (Å²) in [4.78, 5) is 3.92. The van der Waals surface area contributed by atoms with E-state index >= 15 is 0 Å². The molecule has 0 N–H and O–H groups in total. The molecule has 2 fully saturated rings. The second-order valence-electron chi connectivity index (χ2n) is 5.75. The summed E-state index contributed by atoms with van der Waals surface area (Å²) in [6.07, 6.45) is 7.33. The van der Waals surface area contributed by atoms with Crippen LogP contribution in [0.15, 0.2) is 23.7 Å². The third-order valence-corrected chi connectivity index (χ3v) is 5.73. The van der Waals surface area contributed by atoms with Crippen molar-refractivity contribution in [3.05, 3.63) is 24.4 Å². The number of sulfonamides is 1. The first-order chi connectivity index (χ1) is 10.0. The van der Waals surface area contributed by atoms with Gasteiger partial charge in [-0.15, -0.1) is 5.10 Å². The number of aryl methyl sites for hydroxylation is 1. The molecule has 2 aromatic heterocycles. The summed E-state index contributed by atoms with van der Waals surface area (Å²) in [7, 11) is -1.73. The first-order valence-corrected chi connectivity index (χ1v) is 8.38. The lowest BCUT2D eigenvalue weighted by Crippen LogP contribution is -2.50. The summed E-state index contributed by atoms with van der Waals surface area (Å²) in [5.41, 5.74) is 1.03. The van der Waals surface area contributed by atoms with E-state index < -0.39 is 10.0 Å². The van der Waals surface area contributed by atoms with E-state index in [9.17, 15) is 8.42 Å². The van der Waals surface area contributed by atoms with E-state index in [1.807, 2.05) is 6.20 Å². The number of nitrogens with zero attached hydrogens (tertiary/aromatic N) is 6. The van der Waals surface area contributed by atoms with E-state index in [1.165, 1.54) is 29.7 Å². The summed E-state index contributed by atoms with van der Waals surface area (Å²) < 4.78 is 29.5. The minimum atomic E-state index is -3.48. The molecule has 1 saturated heterocycles. The van der Waals surface area contributed by atoms with Crippen molar-refractivity contribution < 1.29 is 8.42 Å². The maximum atomic E-state index is 12.3. The van der Waals surface area contributed by atoms with Crippen LogP contribution >= 0.6 is 0 Å². The Morgan fingerprint density at radius 2 is 2.00 bits per heavy atom. The first-order valence-electron chi connectivity index (χ1n) is 6.94. The Morgan fingerprint density at radius 1 is 1.24 bits per heavy atom. The molecule has 0 atom stereocenters. The number of hydrogen-bond acceptors (Lipinski definition) is 5. The summed E-state index contributed by atoms with van der Waals surface area (Å²) in [6, 6.07) is 0.0727. The van der Waals surface area contributed by atoms with Crippen LogP contribution in [0.5, 0.6) is 0 Å². The third kappa shape index (κ3) is 2.16. The molecule has 4 rings (SSSR count). The number of imidazole rings is 1. The molecule has 3 heterocycles. The predicted molar refractivity (Wildman–Crippen MR) is 73.0 cm³/mol. The van der Waals surface area contributed by atoms with Crippen LogP contribution in [0, 0.1) is 0 Å². The summed E-state index contributed by atoms with van der Waals surface area (Å²) >= 11 is 0. The van der Waals surface area contributed by atoms with Crippen LogP contribution in [0.4, 0.5) is 0 Å². The van der Waals surface area contributed by atoms with Crippen LogP contribution in [0.3, 0.4) is 0 Å². The number of rotatable bonds is 4. The lowest BCUT2D eigenvalue weighted by molar-refractivity contribution is 0.188. The van der Waals surface area contributed by atoms with Gasteiger partial charge in [-0.1, -0.05) is 5.21 Å². The molecule has 0 radical (unpaired) electrons. The molecule has 0 bridgehead atoms. The second kappa shape index (κ2) is 4.38. The van der Waals surface area contributed by atoms with Crippen LogP contribution in [0.2, 0.25) is 0 Å². The van der Waals surface area contributed by atoms with E-state index in [1.54, 1.807) is 16.3 Å². The Balaban J connectivity index is 1.46. The van der Waals surface area contributed by atoms with Crippen molar-refractivity contribution >= 4 is 10.0 Å². The lowest BCUT2D eigenvalue weighted by Gasteiger charge is -2.36. The van der Waals surface area contributed by atoms with Gasteiger partial charge in [-0.2, -0.15) is 4.31 Å². The highest BCUT2D eigenvalue weighted by Gasteiger charge is 2.40. The van der Waals surface area contributed by atoms with Crippen LogP contribution < -0.4 is 0 Å². The molecule has 21 heavy (non-hydrogen) atoms. The van der Waals surface area contributed by atoms with Gasteiger partial charge in [0.05, 0.1) is 18.1 Å². The first kappa shape index (κ1) is 13.0. The fourth-order valence-corrected chi connectivity index (χ4v) is 3.95. The Labute approximate surface area is 122 Å². The summed E-state index contributed by atoms with van der Waals surface area (Å²) in [5.74, 6) is 0.562. The Kier molecular flexibility index (Phi) is 2.70. The fraction of sp³-hybridized carbons (Fsp3) is 0.583. The average Bonchev–Trinajstić information content (AvgIpc) is 2.95. The van der Waals surface area contributed by atoms with Gasteiger partial charge in [-0.05, 0) is 12.8 Å². The van der Waals surface area contributed by atoms with Gasteiger partial charge in [0.2, 0.25) is 0 Å². The third-order valence-electron chi connectivity index (χ3n) is 4.01. The Morgan fingerprint density at radius 3 is 2.62 bits per heavy atom. The Hall–Kier alpha value is -1.74. The molecular weight excluding hydrogens is 292 g/mol. The van der Waals surface area contributed by atoms with Crippen LogP contribution in [0.1, 0.15) is 30.5 Å². The minimum absolute atomic E-state index is 0.0727. The smallest absolute Gasteiger partial charge is 0.262 e. The molecule has 1 aliphatic carbocycles. The minimum Gasteiger partial charge on any atom is -0.339 e. The zero-order valence-corrected chi connectivity index (χ0v) is 12.4. The maximum Gasteiger partial charge on any atom is 0.262 e. The van der Waals surface area contributed by atoms with Gasteiger partial charge in [-0.3, -0.25) is 0 Å². The normalized spacial score (nSPS) is 20.6. The predicted octanol–water partition coefficient (Wildman–Crippen LogP) is 0.135. The maximum absolute atomic E-state index is 12.3. The SMILES string of the molecule is Cn1cnc(S(=O)(=O)N2CC(n3cc(C4CC4)nn3)C2)c1. The van der Waals surface area contributed by atoms with E-state index in [0.29, 0.717) is 19.0 Å².